The average molecular weight is 325 g/mol. The van der Waals surface area contributed by atoms with Crippen LogP contribution in [0.15, 0.2) is 28.7 Å². The molecule has 1 aromatic rings. The van der Waals surface area contributed by atoms with Gasteiger partial charge in [0.15, 0.2) is 0 Å². The third-order valence-electron chi connectivity index (χ3n) is 3.66. The molecule has 0 saturated carbocycles. The van der Waals surface area contributed by atoms with E-state index in [9.17, 15) is 4.79 Å². The lowest BCUT2D eigenvalue weighted by atomic mass is 10.1. The quantitative estimate of drug-likeness (QED) is 0.922. The third-order valence-corrected chi connectivity index (χ3v) is 4.19. The van der Waals surface area contributed by atoms with Crippen molar-refractivity contribution in [3.8, 4) is 0 Å². The number of likely N-dealkylation sites (tertiary alicyclic amines) is 1. The van der Waals surface area contributed by atoms with Crippen molar-refractivity contribution in [2.45, 2.75) is 38.8 Å². The van der Waals surface area contributed by atoms with Crippen molar-refractivity contribution in [3.63, 3.8) is 0 Å². The molecule has 1 amide bonds. The number of amides is 1. The Morgan fingerprint density at radius 2 is 1.79 bits per heavy atom. The molecule has 2 atom stereocenters. The summed E-state index contributed by atoms with van der Waals surface area (Å²) in [5.74, 6) is 0.224. The Morgan fingerprint density at radius 3 is 2.37 bits per heavy atom. The maximum atomic E-state index is 12.2. The van der Waals surface area contributed by atoms with Gasteiger partial charge in [-0.05, 0) is 44.4 Å². The molecule has 2 rings (SSSR count). The molecule has 104 valence electrons. The van der Waals surface area contributed by atoms with Gasteiger partial charge in [0.25, 0.3) is 0 Å². The molecule has 1 saturated heterocycles. The topological polar surface area (TPSA) is 32.3 Å². The molecule has 0 bridgehead atoms. The third kappa shape index (κ3) is 3.80. The molecule has 1 aliphatic heterocycles. The molecule has 1 aromatic carbocycles. The van der Waals surface area contributed by atoms with E-state index < -0.39 is 0 Å². The molecule has 0 aromatic heterocycles. The van der Waals surface area contributed by atoms with Crippen molar-refractivity contribution in [2.24, 2.45) is 0 Å². The van der Waals surface area contributed by atoms with E-state index in [2.05, 4.69) is 40.3 Å². The predicted molar refractivity (Wildman–Crippen MR) is 81.0 cm³/mol. The number of halogens is 1. The van der Waals surface area contributed by atoms with E-state index in [0.717, 1.165) is 30.4 Å². The van der Waals surface area contributed by atoms with Crippen LogP contribution < -0.4 is 5.32 Å². The normalized spacial score (nSPS) is 18.4. The molecule has 0 radical (unpaired) electrons. The first-order chi connectivity index (χ1) is 9.08. The lowest BCUT2D eigenvalue weighted by Gasteiger charge is -2.24. The second-order valence-corrected chi connectivity index (χ2v) is 6.11. The van der Waals surface area contributed by atoms with Crippen molar-refractivity contribution >= 4 is 21.8 Å². The van der Waals surface area contributed by atoms with Gasteiger partial charge in [-0.1, -0.05) is 28.1 Å². The molecule has 1 N–H and O–H groups in total. The Bertz CT molecular complexity index is 426. The van der Waals surface area contributed by atoms with Gasteiger partial charge in [-0.25, -0.2) is 0 Å². The van der Waals surface area contributed by atoms with Gasteiger partial charge in [-0.2, -0.15) is 0 Å². The monoisotopic (exact) mass is 324 g/mol. The van der Waals surface area contributed by atoms with Gasteiger partial charge in [-0.3, -0.25) is 10.1 Å². The van der Waals surface area contributed by atoms with Crippen molar-refractivity contribution in [1.29, 1.82) is 0 Å². The fourth-order valence-electron chi connectivity index (χ4n) is 2.51. The molecular formula is C15H21BrN2O. The minimum absolute atomic E-state index is 0.128. The summed E-state index contributed by atoms with van der Waals surface area (Å²) in [5, 5.41) is 3.39. The predicted octanol–water partition coefficient (Wildman–Crippen LogP) is 3.11. The Balaban J connectivity index is 1.92. The average Bonchev–Trinajstić information content (AvgIpc) is 2.92. The van der Waals surface area contributed by atoms with E-state index in [4.69, 9.17) is 0 Å². The van der Waals surface area contributed by atoms with Crippen molar-refractivity contribution in [2.75, 3.05) is 13.1 Å². The molecule has 0 aliphatic carbocycles. The largest absolute Gasteiger partial charge is 0.341 e. The second-order valence-electron chi connectivity index (χ2n) is 5.19. The summed E-state index contributed by atoms with van der Waals surface area (Å²) in [6, 6.07) is 8.26. The van der Waals surface area contributed by atoms with Crippen LogP contribution in [0.3, 0.4) is 0 Å². The minimum Gasteiger partial charge on any atom is -0.341 e. The summed E-state index contributed by atoms with van der Waals surface area (Å²) in [6.07, 6.45) is 2.28. The summed E-state index contributed by atoms with van der Waals surface area (Å²) in [4.78, 5) is 14.2. The lowest BCUT2D eigenvalue weighted by Crippen LogP contribution is -2.44. The summed E-state index contributed by atoms with van der Waals surface area (Å²) in [6.45, 7) is 5.88. The molecule has 1 fully saturated rings. The first-order valence-corrected chi connectivity index (χ1v) is 7.67. The Kier molecular flexibility index (Phi) is 4.99. The summed E-state index contributed by atoms with van der Waals surface area (Å²) >= 11 is 3.43. The summed E-state index contributed by atoms with van der Waals surface area (Å²) < 4.78 is 1.07. The standard InChI is InChI=1S/C15H21BrN2O/c1-11(13-5-7-14(16)8-6-13)17-12(2)15(19)18-9-3-4-10-18/h5-8,11-12,17H,3-4,9-10H2,1-2H3/t11-,12?/m0/s1. The van der Waals surface area contributed by atoms with Crippen molar-refractivity contribution in [3.05, 3.63) is 34.3 Å². The van der Waals surface area contributed by atoms with Gasteiger partial charge in [0.2, 0.25) is 5.91 Å². The molecule has 1 unspecified atom stereocenters. The van der Waals surface area contributed by atoms with Gasteiger partial charge >= 0.3 is 0 Å². The highest BCUT2D eigenvalue weighted by Gasteiger charge is 2.24. The highest BCUT2D eigenvalue weighted by molar-refractivity contribution is 9.10. The zero-order valence-corrected chi connectivity index (χ0v) is 13.1. The highest BCUT2D eigenvalue weighted by atomic mass is 79.9. The Morgan fingerprint density at radius 1 is 1.21 bits per heavy atom. The summed E-state index contributed by atoms with van der Waals surface area (Å²) in [5.41, 5.74) is 1.20. The first kappa shape index (κ1) is 14.5. The van der Waals surface area contributed by atoms with Gasteiger partial charge in [-0.15, -0.1) is 0 Å². The molecular weight excluding hydrogens is 304 g/mol. The Labute approximate surface area is 123 Å². The van der Waals surface area contributed by atoms with Crippen molar-refractivity contribution in [1.82, 2.24) is 10.2 Å². The highest BCUT2D eigenvalue weighted by Crippen LogP contribution is 2.17. The van der Waals surface area contributed by atoms with Crippen LogP contribution in [0.2, 0.25) is 0 Å². The van der Waals surface area contributed by atoms with E-state index in [1.54, 1.807) is 0 Å². The Hall–Kier alpha value is -0.870. The van der Waals surface area contributed by atoms with Gasteiger partial charge in [0, 0.05) is 23.6 Å². The fourth-order valence-corrected chi connectivity index (χ4v) is 2.77. The molecule has 0 spiro atoms. The maximum absolute atomic E-state index is 12.2. The maximum Gasteiger partial charge on any atom is 0.239 e. The van der Waals surface area contributed by atoms with E-state index in [0.29, 0.717) is 0 Å². The zero-order valence-electron chi connectivity index (χ0n) is 11.5. The van der Waals surface area contributed by atoms with Crippen LogP contribution >= 0.6 is 15.9 Å². The van der Waals surface area contributed by atoms with E-state index in [-0.39, 0.29) is 18.0 Å². The van der Waals surface area contributed by atoms with Crippen LogP contribution in [0.4, 0.5) is 0 Å². The van der Waals surface area contributed by atoms with Crippen LogP contribution in [0.25, 0.3) is 0 Å². The van der Waals surface area contributed by atoms with Crippen LogP contribution in [0.5, 0.6) is 0 Å². The van der Waals surface area contributed by atoms with Crippen molar-refractivity contribution < 1.29 is 4.79 Å². The van der Waals surface area contributed by atoms with Gasteiger partial charge in [0.1, 0.15) is 0 Å². The van der Waals surface area contributed by atoms with E-state index in [1.807, 2.05) is 24.0 Å². The number of carbonyl (C=O) groups is 1. The first-order valence-electron chi connectivity index (χ1n) is 6.88. The number of hydrogen-bond acceptors (Lipinski definition) is 2. The van der Waals surface area contributed by atoms with Crippen LogP contribution in [0.1, 0.15) is 38.3 Å². The minimum atomic E-state index is -0.128. The van der Waals surface area contributed by atoms with Crippen LogP contribution in [0, 0.1) is 0 Å². The fraction of sp³-hybridized carbons (Fsp3) is 0.533. The molecule has 3 nitrogen and oxygen atoms in total. The SMILES string of the molecule is CC(N[C@@H](C)c1ccc(Br)cc1)C(=O)N1CCCC1. The van der Waals surface area contributed by atoms with E-state index >= 15 is 0 Å². The van der Waals surface area contributed by atoms with Crippen LogP contribution in [-0.4, -0.2) is 29.9 Å². The summed E-state index contributed by atoms with van der Waals surface area (Å²) in [7, 11) is 0. The van der Waals surface area contributed by atoms with E-state index in [1.165, 1.54) is 5.56 Å². The lowest BCUT2D eigenvalue weighted by molar-refractivity contribution is -0.132. The second kappa shape index (κ2) is 6.53. The number of hydrogen-bond donors (Lipinski definition) is 1. The number of rotatable bonds is 4. The molecule has 1 heterocycles. The molecule has 4 heteroatoms. The molecule has 19 heavy (non-hydrogen) atoms. The smallest absolute Gasteiger partial charge is 0.239 e. The number of benzene rings is 1. The number of carbonyl (C=O) groups excluding carboxylic acids is 1. The van der Waals surface area contributed by atoms with Gasteiger partial charge < -0.3 is 4.90 Å². The van der Waals surface area contributed by atoms with Gasteiger partial charge in [0.05, 0.1) is 6.04 Å². The van der Waals surface area contributed by atoms with Crippen LogP contribution in [-0.2, 0) is 4.79 Å². The number of nitrogens with zero attached hydrogens (tertiary/aromatic N) is 1. The zero-order chi connectivity index (χ0) is 13.8. The molecule has 1 aliphatic rings. The number of nitrogens with one attached hydrogen (secondary N) is 1.